The maximum atomic E-state index is 11.2. The minimum absolute atomic E-state index is 0.0418. The third kappa shape index (κ3) is 5.55. The van der Waals surface area contributed by atoms with E-state index in [1.54, 1.807) is 0 Å². The molecule has 2 aromatic rings. The molecule has 0 aliphatic rings. The fourth-order valence-electron chi connectivity index (χ4n) is 2.04. The number of nitro groups is 1. The van der Waals surface area contributed by atoms with Gasteiger partial charge in [0.25, 0.3) is 0 Å². The molecule has 0 amide bonds. The van der Waals surface area contributed by atoms with E-state index in [1.165, 1.54) is 0 Å². The highest BCUT2D eigenvalue weighted by molar-refractivity contribution is 5.69. The van der Waals surface area contributed by atoms with Crippen LogP contribution < -0.4 is 16.4 Å². The first kappa shape index (κ1) is 18.4. The summed E-state index contributed by atoms with van der Waals surface area (Å²) in [5.41, 5.74) is 6.29. The quantitative estimate of drug-likeness (QED) is 0.280. The van der Waals surface area contributed by atoms with Crippen LogP contribution in [0.15, 0.2) is 30.3 Å². The van der Waals surface area contributed by atoms with E-state index in [1.807, 2.05) is 30.3 Å². The van der Waals surface area contributed by atoms with Crippen molar-refractivity contribution < 1.29 is 14.8 Å². The fourth-order valence-corrected chi connectivity index (χ4v) is 2.04. The second-order valence-electron chi connectivity index (χ2n) is 4.99. The summed E-state index contributed by atoms with van der Waals surface area (Å²) in [4.78, 5) is 18.6. The molecule has 0 aliphatic heterocycles. The summed E-state index contributed by atoms with van der Waals surface area (Å²) in [5, 5.41) is 25.7. The van der Waals surface area contributed by atoms with Gasteiger partial charge < -0.3 is 26.2 Å². The second-order valence-corrected chi connectivity index (χ2v) is 4.99. The predicted molar refractivity (Wildman–Crippen MR) is 93.3 cm³/mol. The number of rotatable bonds is 10. The third-order valence-electron chi connectivity index (χ3n) is 3.16. The maximum absolute atomic E-state index is 11.2. The number of hydrogen-bond donors (Lipinski definition) is 4. The maximum Gasteiger partial charge on any atom is 0.353 e. The first-order valence-electron chi connectivity index (χ1n) is 7.64. The molecule has 1 heterocycles. The Morgan fingerprint density at radius 1 is 1.20 bits per heavy atom. The minimum Gasteiger partial charge on any atom is -0.394 e. The van der Waals surface area contributed by atoms with Crippen molar-refractivity contribution in [3.63, 3.8) is 0 Å². The van der Waals surface area contributed by atoms with E-state index in [0.717, 1.165) is 5.56 Å². The number of aliphatic hydroxyl groups excluding tert-OH is 1. The van der Waals surface area contributed by atoms with Gasteiger partial charge in [-0.3, -0.25) is 10.1 Å². The Kier molecular flexibility index (Phi) is 6.87. The van der Waals surface area contributed by atoms with Gasteiger partial charge in [0.1, 0.15) is 0 Å². The van der Waals surface area contributed by atoms with E-state index in [9.17, 15) is 10.1 Å². The van der Waals surface area contributed by atoms with Gasteiger partial charge in [0.2, 0.25) is 17.6 Å². The van der Waals surface area contributed by atoms with E-state index < -0.39 is 4.92 Å². The molecular formula is C15H20N6O4. The molecule has 2 rings (SSSR count). The predicted octanol–water partition coefficient (Wildman–Crippen LogP) is 1.000. The largest absolute Gasteiger partial charge is 0.394 e. The lowest BCUT2D eigenvalue weighted by molar-refractivity contribution is -0.383. The van der Waals surface area contributed by atoms with Gasteiger partial charge >= 0.3 is 5.69 Å². The Morgan fingerprint density at radius 2 is 1.96 bits per heavy atom. The van der Waals surface area contributed by atoms with Crippen LogP contribution in [0.5, 0.6) is 0 Å². The molecule has 5 N–H and O–H groups in total. The molecule has 1 aromatic carbocycles. The average molecular weight is 348 g/mol. The van der Waals surface area contributed by atoms with Crippen LogP contribution in [0, 0.1) is 10.1 Å². The van der Waals surface area contributed by atoms with Gasteiger partial charge in [-0.2, -0.15) is 9.97 Å². The average Bonchev–Trinajstić information content (AvgIpc) is 2.60. The van der Waals surface area contributed by atoms with Crippen LogP contribution in [0.2, 0.25) is 0 Å². The first-order chi connectivity index (χ1) is 12.1. The van der Waals surface area contributed by atoms with Crippen molar-refractivity contribution in [2.24, 2.45) is 0 Å². The summed E-state index contributed by atoms with van der Waals surface area (Å²) in [6, 6.07) is 9.41. The van der Waals surface area contributed by atoms with Crippen LogP contribution in [0.4, 0.5) is 23.3 Å². The highest BCUT2D eigenvalue weighted by Gasteiger charge is 2.22. The second kappa shape index (κ2) is 9.35. The molecule has 10 heteroatoms. The van der Waals surface area contributed by atoms with E-state index >= 15 is 0 Å². The van der Waals surface area contributed by atoms with Crippen molar-refractivity contribution in [2.75, 3.05) is 42.7 Å². The van der Waals surface area contributed by atoms with Gasteiger partial charge in [-0.25, -0.2) is 0 Å². The molecule has 0 radical (unpaired) electrons. The molecule has 25 heavy (non-hydrogen) atoms. The molecule has 0 unspecified atom stereocenters. The van der Waals surface area contributed by atoms with Crippen molar-refractivity contribution in [1.82, 2.24) is 9.97 Å². The van der Waals surface area contributed by atoms with Crippen molar-refractivity contribution in [3.05, 3.63) is 46.0 Å². The Balaban J connectivity index is 2.09. The highest BCUT2D eigenvalue weighted by Crippen LogP contribution is 2.29. The SMILES string of the molecule is Nc1nc(NCCOCCO)nc(NCc2ccccc2)c1[N+](=O)[O-]. The Bertz CT molecular complexity index is 698. The lowest BCUT2D eigenvalue weighted by Gasteiger charge is -2.11. The normalized spacial score (nSPS) is 10.4. The van der Waals surface area contributed by atoms with Crippen molar-refractivity contribution in [3.8, 4) is 0 Å². The van der Waals surface area contributed by atoms with Gasteiger partial charge in [-0.1, -0.05) is 30.3 Å². The summed E-state index contributed by atoms with van der Waals surface area (Å²) in [6.45, 7) is 1.23. The van der Waals surface area contributed by atoms with Crippen LogP contribution in [0.1, 0.15) is 5.56 Å². The Labute approximate surface area is 144 Å². The first-order valence-corrected chi connectivity index (χ1v) is 7.64. The van der Waals surface area contributed by atoms with Gasteiger partial charge in [0, 0.05) is 13.1 Å². The molecule has 0 saturated heterocycles. The van der Waals surface area contributed by atoms with E-state index in [0.29, 0.717) is 19.7 Å². The van der Waals surface area contributed by atoms with Crippen LogP contribution in [-0.4, -0.2) is 46.4 Å². The molecule has 0 bridgehead atoms. The molecule has 10 nitrogen and oxygen atoms in total. The summed E-state index contributed by atoms with van der Waals surface area (Å²) in [6.07, 6.45) is 0. The molecule has 0 fully saturated rings. The fraction of sp³-hybridized carbons (Fsp3) is 0.333. The van der Waals surface area contributed by atoms with Crippen LogP contribution in [0.3, 0.4) is 0 Å². The molecule has 134 valence electrons. The minimum atomic E-state index is -0.614. The van der Waals surface area contributed by atoms with E-state index in [2.05, 4.69) is 20.6 Å². The lowest BCUT2D eigenvalue weighted by Crippen LogP contribution is -2.15. The lowest BCUT2D eigenvalue weighted by atomic mass is 10.2. The zero-order valence-electron chi connectivity index (χ0n) is 13.5. The van der Waals surface area contributed by atoms with Crippen LogP contribution >= 0.6 is 0 Å². The molecule has 1 aromatic heterocycles. The molecule has 0 atom stereocenters. The number of anilines is 3. The van der Waals surface area contributed by atoms with Crippen LogP contribution in [-0.2, 0) is 11.3 Å². The summed E-state index contributed by atoms with van der Waals surface area (Å²) >= 11 is 0. The number of nitrogens with two attached hydrogens (primary N) is 1. The van der Waals surface area contributed by atoms with E-state index in [4.69, 9.17) is 15.6 Å². The van der Waals surface area contributed by atoms with E-state index in [-0.39, 0.29) is 36.5 Å². The number of hydrogen-bond acceptors (Lipinski definition) is 9. The summed E-state index contributed by atoms with van der Waals surface area (Å²) in [5.74, 6) is -0.0271. The summed E-state index contributed by atoms with van der Waals surface area (Å²) in [7, 11) is 0. The smallest absolute Gasteiger partial charge is 0.353 e. The number of nitrogen functional groups attached to an aromatic ring is 1. The monoisotopic (exact) mass is 348 g/mol. The zero-order valence-corrected chi connectivity index (χ0v) is 13.5. The zero-order chi connectivity index (χ0) is 18.1. The molecule has 0 spiro atoms. The van der Waals surface area contributed by atoms with Gasteiger partial charge in [0.15, 0.2) is 0 Å². The van der Waals surface area contributed by atoms with Gasteiger partial charge in [-0.05, 0) is 5.56 Å². The number of aliphatic hydroxyl groups is 1. The number of aromatic nitrogens is 2. The van der Waals surface area contributed by atoms with Crippen molar-refractivity contribution in [1.29, 1.82) is 0 Å². The Hall–Kier alpha value is -2.98. The number of ether oxygens (including phenoxy) is 1. The molecule has 0 saturated carbocycles. The van der Waals surface area contributed by atoms with Crippen LogP contribution in [0.25, 0.3) is 0 Å². The highest BCUT2D eigenvalue weighted by atomic mass is 16.6. The standard InChI is InChI=1S/C15H20N6O4/c16-13-12(21(23)24)14(18-10-11-4-2-1-3-5-11)20-15(19-13)17-6-8-25-9-7-22/h1-5,22H,6-10H2,(H4,16,17,18,19,20). The van der Waals surface area contributed by atoms with Gasteiger partial charge in [0.05, 0.1) is 24.7 Å². The number of nitrogens with one attached hydrogen (secondary N) is 2. The van der Waals surface area contributed by atoms with Gasteiger partial charge in [-0.15, -0.1) is 0 Å². The van der Waals surface area contributed by atoms with Crippen molar-refractivity contribution >= 4 is 23.3 Å². The number of benzene rings is 1. The Morgan fingerprint density at radius 3 is 2.64 bits per heavy atom. The summed E-state index contributed by atoms with van der Waals surface area (Å²) < 4.78 is 5.11. The molecule has 0 aliphatic carbocycles. The third-order valence-corrected chi connectivity index (χ3v) is 3.16. The number of nitrogens with zero attached hydrogens (tertiary/aromatic N) is 3. The molecular weight excluding hydrogens is 328 g/mol. The topological polar surface area (TPSA) is 148 Å². The van der Waals surface area contributed by atoms with Crippen molar-refractivity contribution in [2.45, 2.75) is 6.54 Å².